The van der Waals surface area contributed by atoms with Crippen LogP contribution in [-0.2, 0) is 0 Å². The Morgan fingerprint density at radius 1 is 0.833 bits per heavy atom. The standard InChI is InChI=1S/C20H14N2O2/c21-14-15-6-8-16(9-7-15)20(23)22-17-10-12-19(13-11-17)24-18-4-2-1-3-5-18/h1-13H,(H,22,23). The van der Waals surface area contributed by atoms with Crippen molar-refractivity contribution in [1.82, 2.24) is 0 Å². The second-order valence-corrected chi connectivity index (χ2v) is 5.08. The van der Waals surface area contributed by atoms with Gasteiger partial charge in [-0.25, -0.2) is 0 Å². The Balaban J connectivity index is 1.65. The van der Waals surface area contributed by atoms with E-state index in [2.05, 4.69) is 5.32 Å². The molecule has 0 fully saturated rings. The summed E-state index contributed by atoms with van der Waals surface area (Å²) in [5.74, 6) is 1.22. The third-order valence-electron chi connectivity index (χ3n) is 3.37. The fourth-order valence-corrected chi connectivity index (χ4v) is 2.13. The minimum atomic E-state index is -0.226. The first kappa shape index (κ1) is 15.3. The number of anilines is 1. The molecule has 0 spiro atoms. The Bertz CT molecular complexity index is 864. The fraction of sp³-hybridized carbons (Fsp3) is 0. The molecule has 0 aliphatic carbocycles. The van der Waals surface area contributed by atoms with Gasteiger partial charge >= 0.3 is 0 Å². The van der Waals surface area contributed by atoms with E-state index in [4.69, 9.17) is 10.00 Å². The van der Waals surface area contributed by atoms with Crippen molar-refractivity contribution in [2.24, 2.45) is 0 Å². The highest BCUT2D eigenvalue weighted by Crippen LogP contribution is 2.22. The van der Waals surface area contributed by atoms with Gasteiger partial charge in [0.25, 0.3) is 5.91 Å². The van der Waals surface area contributed by atoms with E-state index < -0.39 is 0 Å². The molecule has 0 aliphatic heterocycles. The summed E-state index contributed by atoms with van der Waals surface area (Å²) in [4.78, 5) is 12.2. The van der Waals surface area contributed by atoms with Gasteiger partial charge in [0.15, 0.2) is 0 Å². The zero-order valence-electron chi connectivity index (χ0n) is 12.8. The maximum atomic E-state index is 12.2. The smallest absolute Gasteiger partial charge is 0.255 e. The Morgan fingerprint density at radius 2 is 1.46 bits per heavy atom. The number of para-hydroxylation sites is 1. The van der Waals surface area contributed by atoms with Gasteiger partial charge in [-0.05, 0) is 60.7 Å². The number of carbonyl (C=O) groups is 1. The Hall–Kier alpha value is -3.58. The molecule has 0 saturated carbocycles. The molecule has 3 aromatic carbocycles. The van der Waals surface area contributed by atoms with E-state index in [0.717, 1.165) is 5.75 Å². The van der Waals surface area contributed by atoms with Crippen LogP contribution in [0.5, 0.6) is 11.5 Å². The molecule has 0 heterocycles. The quantitative estimate of drug-likeness (QED) is 0.765. The average molecular weight is 314 g/mol. The lowest BCUT2D eigenvalue weighted by Crippen LogP contribution is -2.11. The van der Waals surface area contributed by atoms with Crippen LogP contribution in [0.15, 0.2) is 78.9 Å². The van der Waals surface area contributed by atoms with E-state index in [9.17, 15) is 4.79 Å². The summed E-state index contributed by atoms with van der Waals surface area (Å²) in [6, 6.07) is 25.1. The Morgan fingerprint density at radius 3 is 2.08 bits per heavy atom. The van der Waals surface area contributed by atoms with Crippen LogP contribution in [0.4, 0.5) is 5.69 Å². The molecule has 116 valence electrons. The summed E-state index contributed by atoms with van der Waals surface area (Å²) in [5, 5.41) is 11.6. The van der Waals surface area contributed by atoms with E-state index in [0.29, 0.717) is 22.6 Å². The van der Waals surface area contributed by atoms with Crippen LogP contribution >= 0.6 is 0 Å². The Labute approximate surface area is 139 Å². The number of ether oxygens (including phenoxy) is 1. The van der Waals surface area contributed by atoms with Gasteiger partial charge in [-0.3, -0.25) is 4.79 Å². The van der Waals surface area contributed by atoms with Crippen molar-refractivity contribution in [1.29, 1.82) is 5.26 Å². The zero-order valence-corrected chi connectivity index (χ0v) is 12.8. The molecular weight excluding hydrogens is 300 g/mol. The molecular formula is C20H14N2O2. The minimum Gasteiger partial charge on any atom is -0.457 e. The first-order valence-corrected chi connectivity index (χ1v) is 7.39. The fourth-order valence-electron chi connectivity index (χ4n) is 2.13. The molecule has 4 nitrogen and oxygen atoms in total. The number of nitrogens with one attached hydrogen (secondary N) is 1. The zero-order chi connectivity index (χ0) is 16.8. The predicted octanol–water partition coefficient (Wildman–Crippen LogP) is 4.60. The van der Waals surface area contributed by atoms with E-state index in [1.54, 1.807) is 48.5 Å². The molecule has 1 N–H and O–H groups in total. The Kier molecular flexibility index (Phi) is 4.55. The molecule has 4 heteroatoms. The average Bonchev–Trinajstić information content (AvgIpc) is 2.64. The number of nitriles is 1. The number of amides is 1. The molecule has 0 aromatic heterocycles. The first-order chi connectivity index (χ1) is 11.7. The van der Waals surface area contributed by atoms with E-state index in [-0.39, 0.29) is 5.91 Å². The van der Waals surface area contributed by atoms with Crippen molar-refractivity contribution in [2.75, 3.05) is 5.32 Å². The maximum Gasteiger partial charge on any atom is 0.255 e. The van der Waals surface area contributed by atoms with Crippen molar-refractivity contribution in [2.45, 2.75) is 0 Å². The molecule has 0 radical (unpaired) electrons. The first-order valence-electron chi connectivity index (χ1n) is 7.39. The number of carbonyl (C=O) groups excluding carboxylic acids is 1. The van der Waals surface area contributed by atoms with E-state index in [1.165, 1.54) is 0 Å². The highest BCUT2D eigenvalue weighted by molar-refractivity contribution is 6.04. The van der Waals surface area contributed by atoms with Gasteiger partial charge in [0.05, 0.1) is 11.6 Å². The van der Waals surface area contributed by atoms with Crippen molar-refractivity contribution < 1.29 is 9.53 Å². The number of rotatable bonds is 4. The largest absolute Gasteiger partial charge is 0.457 e. The normalized spacial score (nSPS) is 9.79. The van der Waals surface area contributed by atoms with Crippen molar-refractivity contribution in [3.63, 3.8) is 0 Å². The van der Waals surface area contributed by atoms with Crippen LogP contribution in [0.25, 0.3) is 0 Å². The third-order valence-corrected chi connectivity index (χ3v) is 3.37. The molecule has 24 heavy (non-hydrogen) atoms. The summed E-state index contributed by atoms with van der Waals surface area (Å²) >= 11 is 0. The van der Waals surface area contributed by atoms with Crippen LogP contribution < -0.4 is 10.1 Å². The second-order valence-electron chi connectivity index (χ2n) is 5.08. The number of hydrogen-bond donors (Lipinski definition) is 1. The molecule has 0 saturated heterocycles. The van der Waals surface area contributed by atoms with Gasteiger partial charge in [0.2, 0.25) is 0 Å². The highest BCUT2D eigenvalue weighted by Gasteiger charge is 2.06. The van der Waals surface area contributed by atoms with Crippen LogP contribution in [0.1, 0.15) is 15.9 Å². The summed E-state index contributed by atoms with van der Waals surface area (Å²) in [5.41, 5.74) is 1.69. The molecule has 0 unspecified atom stereocenters. The van der Waals surface area contributed by atoms with Crippen LogP contribution in [0, 0.1) is 11.3 Å². The topological polar surface area (TPSA) is 62.1 Å². The monoisotopic (exact) mass is 314 g/mol. The lowest BCUT2D eigenvalue weighted by atomic mass is 10.1. The molecule has 0 bridgehead atoms. The predicted molar refractivity (Wildman–Crippen MR) is 92.1 cm³/mol. The third kappa shape index (κ3) is 3.79. The molecule has 1 amide bonds. The summed E-state index contributed by atoms with van der Waals surface area (Å²) in [7, 11) is 0. The maximum absolute atomic E-state index is 12.2. The minimum absolute atomic E-state index is 0.226. The van der Waals surface area contributed by atoms with E-state index in [1.807, 2.05) is 36.4 Å². The van der Waals surface area contributed by atoms with Gasteiger partial charge in [-0.1, -0.05) is 18.2 Å². The lowest BCUT2D eigenvalue weighted by Gasteiger charge is -2.08. The van der Waals surface area contributed by atoms with Crippen molar-refractivity contribution in [3.05, 3.63) is 90.0 Å². The highest BCUT2D eigenvalue weighted by atomic mass is 16.5. The van der Waals surface area contributed by atoms with Gasteiger partial charge < -0.3 is 10.1 Å². The van der Waals surface area contributed by atoms with Gasteiger partial charge in [0, 0.05) is 11.3 Å². The van der Waals surface area contributed by atoms with Crippen LogP contribution in [-0.4, -0.2) is 5.91 Å². The summed E-state index contributed by atoms with van der Waals surface area (Å²) in [6.45, 7) is 0. The van der Waals surface area contributed by atoms with Gasteiger partial charge in [0.1, 0.15) is 11.5 Å². The van der Waals surface area contributed by atoms with Crippen LogP contribution in [0.3, 0.4) is 0 Å². The summed E-state index contributed by atoms with van der Waals surface area (Å²) < 4.78 is 5.71. The van der Waals surface area contributed by atoms with E-state index >= 15 is 0 Å². The van der Waals surface area contributed by atoms with Crippen molar-refractivity contribution in [3.8, 4) is 17.6 Å². The SMILES string of the molecule is N#Cc1ccc(C(=O)Nc2ccc(Oc3ccccc3)cc2)cc1. The van der Waals surface area contributed by atoms with Gasteiger partial charge in [-0.15, -0.1) is 0 Å². The molecule has 0 aliphatic rings. The second kappa shape index (κ2) is 7.12. The molecule has 3 rings (SSSR count). The summed E-state index contributed by atoms with van der Waals surface area (Å²) in [6.07, 6.45) is 0. The number of hydrogen-bond acceptors (Lipinski definition) is 3. The van der Waals surface area contributed by atoms with Crippen molar-refractivity contribution >= 4 is 11.6 Å². The molecule has 0 atom stereocenters. The van der Waals surface area contributed by atoms with Gasteiger partial charge in [-0.2, -0.15) is 5.26 Å². The molecule has 3 aromatic rings. The number of benzene rings is 3. The number of nitrogens with zero attached hydrogens (tertiary/aromatic N) is 1. The lowest BCUT2D eigenvalue weighted by molar-refractivity contribution is 0.102. The van der Waals surface area contributed by atoms with Crippen LogP contribution in [0.2, 0.25) is 0 Å².